The maximum Gasteiger partial charge on any atom is 0.328 e. The number of carboxylic acids is 1. The monoisotopic (exact) mass is 514 g/mol. The standard InChI is InChI=1S/C23H42O7Si3/c1-16(31-23(29-32(5,6)7)30-33(8,9)10)11-13-18-17(12-14-20(24)25)15-19(26-2)22(28-4)21(18)27-3/h12,14-16,23H,11,13,31H2,1-10H3,(H,24,25). The molecule has 0 fully saturated rings. The third-order valence-corrected chi connectivity index (χ3v) is 9.36. The summed E-state index contributed by atoms with van der Waals surface area (Å²) in [4.78, 5) is 11.1. The first kappa shape index (κ1) is 29.4. The fraction of sp³-hybridized carbons (Fsp3) is 0.609. The predicted octanol–water partition coefficient (Wildman–Crippen LogP) is 4.71. The maximum absolute atomic E-state index is 11.1. The third-order valence-electron chi connectivity index (χ3n) is 4.82. The van der Waals surface area contributed by atoms with Gasteiger partial charge in [0.15, 0.2) is 28.1 Å². The Labute approximate surface area is 203 Å². The van der Waals surface area contributed by atoms with Crippen LogP contribution < -0.4 is 14.2 Å². The van der Waals surface area contributed by atoms with Crippen LogP contribution in [0.15, 0.2) is 12.1 Å². The average molecular weight is 515 g/mol. The molecule has 1 rings (SSSR count). The average Bonchev–Trinajstić information content (AvgIpc) is 2.66. The summed E-state index contributed by atoms with van der Waals surface area (Å²) < 4.78 is 29.5. The molecular weight excluding hydrogens is 473 g/mol. The zero-order valence-electron chi connectivity index (χ0n) is 21.9. The Bertz CT molecular complexity index is 798. The summed E-state index contributed by atoms with van der Waals surface area (Å²) in [6.45, 7) is 15.4. The number of aliphatic carboxylic acids is 1. The van der Waals surface area contributed by atoms with E-state index in [-0.39, 0.29) is 5.91 Å². The fourth-order valence-electron chi connectivity index (χ4n) is 3.55. The molecular formula is C23H42O7Si3. The molecule has 0 aromatic heterocycles. The number of ether oxygens (including phenoxy) is 3. The Hall–Kier alpha value is -1.60. The van der Waals surface area contributed by atoms with Crippen molar-refractivity contribution in [3.8, 4) is 17.2 Å². The lowest BCUT2D eigenvalue weighted by molar-refractivity contribution is -0.131. The molecule has 0 aliphatic carbocycles. The van der Waals surface area contributed by atoms with Gasteiger partial charge in [-0.3, -0.25) is 0 Å². The number of hydrogen-bond donors (Lipinski definition) is 1. The first-order valence-corrected chi connectivity index (χ1v) is 19.7. The molecule has 1 aromatic carbocycles. The van der Waals surface area contributed by atoms with Gasteiger partial charge in [-0.1, -0.05) is 6.92 Å². The molecule has 0 saturated heterocycles. The minimum Gasteiger partial charge on any atom is -0.493 e. The van der Waals surface area contributed by atoms with E-state index in [2.05, 4.69) is 46.2 Å². The van der Waals surface area contributed by atoms with Crippen molar-refractivity contribution in [3.63, 3.8) is 0 Å². The number of hydrogen-bond acceptors (Lipinski definition) is 6. The topological polar surface area (TPSA) is 83.5 Å². The van der Waals surface area contributed by atoms with E-state index in [1.807, 2.05) is 0 Å². The van der Waals surface area contributed by atoms with E-state index in [4.69, 9.17) is 28.2 Å². The quantitative estimate of drug-likeness (QED) is 0.219. The number of carbonyl (C=O) groups is 1. The largest absolute Gasteiger partial charge is 0.493 e. The van der Waals surface area contributed by atoms with Gasteiger partial charge in [-0.25, -0.2) is 4.79 Å². The molecule has 1 aromatic rings. The lowest BCUT2D eigenvalue weighted by Crippen LogP contribution is -2.43. The van der Waals surface area contributed by atoms with Crippen LogP contribution in [-0.4, -0.2) is 64.5 Å². The van der Waals surface area contributed by atoms with Gasteiger partial charge < -0.3 is 28.2 Å². The second-order valence-corrected chi connectivity index (χ2v) is 21.6. The molecule has 188 valence electrons. The lowest BCUT2D eigenvalue weighted by atomic mass is 9.98. The Morgan fingerprint density at radius 1 is 1.00 bits per heavy atom. The van der Waals surface area contributed by atoms with Crippen molar-refractivity contribution in [2.24, 2.45) is 0 Å². The number of rotatable bonds is 14. The summed E-state index contributed by atoms with van der Waals surface area (Å²) >= 11 is 0. The highest BCUT2D eigenvalue weighted by Crippen LogP contribution is 2.43. The van der Waals surface area contributed by atoms with Crippen molar-refractivity contribution >= 4 is 38.2 Å². The first-order valence-electron chi connectivity index (χ1n) is 11.3. The van der Waals surface area contributed by atoms with Crippen molar-refractivity contribution in [2.75, 3.05) is 21.3 Å². The highest BCUT2D eigenvalue weighted by Gasteiger charge is 2.29. The van der Waals surface area contributed by atoms with E-state index in [1.165, 1.54) is 0 Å². The lowest BCUT2D eigenvalue weighted by Gasteiger charge is -2.33. The molecule has 0 spiro atoms. The van der Waals surface area contributed by atoms with Crippen LogP contribution in [0.25, 0.3) is 6.08 Å². The molecule has 0 bridgehead atoms. The van der Waals surface area contributed by atoms with Gasteiger partial charge in [0.05, 0.1) is 30.8 Å². The Kier molecular flexibility index (Phi) is 11.4. The third kappa shape index (κ3) is 10.5. The van der Waals surface area contributed by atoms with Gasteiger partial charge in [-0.15, -0.1) is 0 Å². The van der Waals surface area contributed by atoms with Crippen LogP contribution in [0.4, 0.5) is 0 Å². The number of methoxy groups -OCH3 is 3. The molecule has 0 radical (unpaired) electrons. The van der Waals surface area contributed by atoms with Crippen molar-refractivity contribution in [3.05, 3.63) is 23.3 Å². The second kappa shape index (κ2) is 12.7. The minimum atomic E-state index is -1.73. The smallest absolute Gasteiger partial charge is 0.328 e. The van der Waals surface area contributed by atoms with Gasteiger partial charge in [0.2, 0.25) is 5.75 Å². The molecule has 33 heavy (non-hydrogen) atoms. The molecule has 0 aliphatic rings. The van der Waals surface area contributed by atoms with Gasteiger partial charge in [-0.05, 0) is 75.4 Å². The van der Waals surface area contributed by atoms with Gasteiger partial charge in [0.25, 0.3) is 0 Å². The summed E-state index contributed by atoms with van der Waals surface area (Å²) in [6, 6.07) is 1.80. The molecule has 0 aliphatic heterocycles. The highest BCUT2D eigenvalue weighted by molar-refractivity contribution is 6.71. The van der Waals surface area contributed by atoms with E-state index in [0.29, 0.717) is 29.2 Å². The van der Waals surface area contributed by atoms with Crippen molar-refractivity contribution in [1.29, 1.82) is 0 Å². The van der Waals surface area contributed by atoms with Gasteiger partial charge in [0.1, 0.15) is 5.91 Å². The van der Waals surface area contributed by atoms with Crippen LogP contribution in [0.1, 0.15) is 24.5 Å². The summed E-state index contributed by atoms with van der Waals surface area (Å²) in [5, 5.41) is 9.13. The molecule has 1 N–H and O–H groups in total. The zero-order valence-corrected chi connectivity index (χ0v) is 25.3. The normalized spacial score (nSPS) is 13.8. The zero-order chi connectivity index (χ0) is 25.4. The van der Waals surface area contributed by atoms with Crippen molar-refractivity contribution in [1.82, 2.24) is 0 Å². The molecule has 0 heterocycles. The summed E-state index contributed by atoms with van der Waals surface area (Å²) in [5.74, 6) is 0.499. The molecule has 0 amide bonds. The maximum atomic E-state index is 11.1. The van der Waals surface area contributed by atoms with Gasteiger partial charge in [0, 0.05) is 11.6 Å². The number of benzene rings is 1. The van der Waals surface area contributed by atoms with E-state index in [9.17, 15) is 4.79 Å². The molecule has 7 nitrogen and oxygen atoms in total. The van der Waals surface area contributed by atoms with Crippen LogP contribution in [0.2, 0.25) is 44.8 Å². The summed E-state index contributed by atoms with van der Waals surface area (Å²) in [6.07, 6.45) is 4.33. The van der Waals surface area contributed by atoms with E-state index >= 15 is 0 Å². The van der Waals surface area contributed by atoms with Gasteiger partial charge in [-0.2, -0.15) is 0 Å². The first-order chi connectivity index (χ1) is 15.2. The second-order valence-electron chi connectivity index (χ2n) is 10.2. The number of carboxylic acid groups (broad SMARTS) is 1. The van der Waals surface area contributed by atoms with Gasteiger partial charge >= 0.3 is 5.97 Å². The fourth-order valence-corrected chi connectivity index (χ4v) is 10.2. The van der Waals surface area contributed by atoms with E-state index in [0.717, 1.165) is 23.6 Å². The summed E-state index contributed by atoms with van der Waals surface area (Å²) in [5.41, 5.74) is 2.10. The Balaban J connectivity index is 3.19. The predicted molar refractivity (Wildman–Crippen MR) is 142 cm³/mol. The van der Waals surface area contributed by atoms with Crippen LogP contribution in [0, 0.1) is 0 Å². The Morgan fingerprint density at radius 2 is 1.55 bits per heavy atom. The van der Waals surface area contributed by atoms with E-state index < -0.39 is 32.1 Å². The van der Waals surface area contributed by atoms with Crippen LogP contribution in [0.5, 0.6) is 17.2 Å². The molecule has 1 unspecified atom stereocenters. The van der Waals surface area contributed by atoms with Crippen molar-refractivity contribution < 1.29 is 33.0 Å². The molecule has 1 atom stereocenters. The van der Waals surface area contributed by atoms with Crippen molar-refractivity contribution in [2.45, 2.75) is 70.5 Å². The minimum absolute atomic E-state index is 0.0722. The highest BCUT2D eigenvalue weighted by atomic mass is 28.4. The molecule has 0 saturated carbocycles. The van der Waals surface area contributed by atoms with E-state index in [1.54, 1.807) is 33.5 Å². The summed E-state index contributed by atoms with van der Waals surface area (Å²) in [7, 11) is 0.560. The van der Waals surface area contributed by atoms with Crippen LogP contribution in [-0.2, 0) is 20.1 Å². The molecule has 10 heteroatoms. The Morgan fingerprint density at radius 3 is 1.97 bits per heavy atom. The van der Waals surface area contributed by atoms with Crippen LogP contribution in [0.3, 0.4) is 0 Å². The van der Waals surface area contributed by atoms with Crippen LogP contribution >= 0.6 is 0 Å². The SMILES string of the molecule is COc1cc(C=CC(=O)O)c(CCC(C)[SiH2]C(O[Si](C)(C)C)O[Si](C)(C)C)c(OC)c1OC.